The van der Waals surface area contributed by atoms with E-state index in [9.17, 15) is 10.1 Å². The van der Waals surface area contributed by atoms with E-state index < -0.39 is 4.92 Å². The summed E-state index contributed by atoms with van der Waals surface area (Å²) in [6.07, 6.45) is 5.53. The normalized spacial score (nSPS) is 26.4. The molecule has 3 rings (SSSR count). The minimum Gasteiger partial charge on any atom is -0.487 e. The molecule has 0 N–H and O–H groups in total. The van der Waals surface area contributed by atoms with Crippen LogP contribution in [0.3, 0.4) is 0 Å². The lowest BCUT2D eigenvalue weighted by molar-refractivity contribution is -0.384. The van der Waals surface area contributed by atoms with E-state index in [1.807, 2.05) is 0 Å². The van der Waals surface area contributed by atoms with E-state index in [2.05, 4.69) is 33.4 Å². The summed E-state index contributed by atoms with van der Waals surface area (Å²) in [4.78, 5) is 10.4. The van der Waals surface area contributed by atoms with E-state index in [1.54, 1.807) is 17.7 Å². The van der Waals surface area contributed by atoms with Crippen molar-refractivity contribution in [2.45, 2.75) is 45.6 Å². The van der Waals surface area contributed by atoms with Gasteiger partial charge in [0.25, 0.3) is 5.69 Å². The third kappa shape index (κ3) is 3.10. The fraction of sp³-hybridized carbons (Fsp3) is 0.500. The van der Waals surface area contributed by atoms with Crippen LogP contribution in [-0.4, -0.2) is 10.5 Å². The number of allylic oxidation sites excluding steroid dienone is 2. The highest BCUT2D eigenvalue weighted by atomic mass is 16.6. The van der Waals surface area contributed by atoms with Gasteiger partial charge in [0, 0.05) is 18.1 Å². The van der Waals surface area contributed by atoms with Gasteiger partial charge in [0.2, 0.25) is 0 Å². The molecule has 0 spiro atoms. The van der Waals surface area contributed by atoms with Crippen LogP contribution in [0, 0.1) is 27.9 Å². The zero-order valence-corrected chi connectivity index (χ0v) is 14.6. The van der Waals surface area contributed by atoms with Crippen molar-refractivity contribution in [2.75, 3.05) is 0 Å². The van der Waals surface area contributed by atoms with Crippen LogP contribution in [0.25, 0.3) is 0 Å². The number of nitro benzene ring substituents is 1. The van der Waals surface area contributed by atoms with Crippen molar-refractivity contribution in [3.63, 3.8) is 0 Å². The molecule has 0 bridgehead atoms. The van der Waals surface area contributed by atoms with Crippen LogP contribution >= 0.6 is 0 Å². The maximum absolute atomic E-state index is 10.8. The van der Waals surface area contributed by atoms with Crippen LogP contribution in [0.1, 0.15) is 40.0 Å². The average molecular weight is 327 g/mol. The largest absolute Gasteiger partial charge is 0.487 e. The lowest BCUT2D eigenvalue weighted by atomic mass is 9.82. The monoisotopic (exact) mass is 327 g/mol. The Morgan fingerprint density at radius 1 is 1.33 bits per heavy atom. The second kappa shape index (κ2) is 6.08. The third-order valence-corrected chi connectivity index (χ3v) is 5.49. The van der Waals surface area contributed by atoms with E-state index in [4.69, 9.17) is 4.74 Å². The van der Waals surface area contributed by atoms with Crippen molar-refractivity contribution in [3.8, 4) is 5.75 Å². The molecule has 1 aromatic rings. The van der Waals surface area contributed by atoms with Crippen LogP contribution in [0.2, 0.25) is 0 Å². The van der Waals surface area contributed by atoms with Gasteiger partial charge in [-0.3, -0.25) is 10.1 Å². The smallest absolute Gasteiger partial charge is 0.269 e. The SMILES string of the molecule is C=C[C@H]1CC1C1=C(C)CCC1C(C)(C)Oc1ccc([N+](=O)[O-])cc1. The first-order valence-corrected chi connectivity index (χ1v) is 8.59. The maximum Gasteiger partial charge on any atom is 0.269 e. The van der Waals surface area contributed by atoms with Gasteiger partial charge in [-0.25, -0.2) is 0 Å². The minimum absolute atomic E-state index is 0.0873. The summed E-state index contributed by atoms with van der Waals surface area (Å²) in [5.74, 6) is 2.33. The van der Waals surface area contributed by atoms with Crippen molar-refractivity contribution >= 4 is 5.69 Å². The van der Waals surface area contributed by atoms with Gasteiger partial charge in [-0.1, -0.05) is 17.2 Å². The van der Waals surface area contributed by atoms with Gasteiger partial charge in [-0.2, -0.15) is 0 Å². The van der Waals surface area contributed by atoms with Crippen molar-refractivity contribution in [1.29, 1.82) is 0 Å². The van der Waals surface area contributed by atoms with Gasteiger partial charge >= 0.3 is 0 Å². The summed E-state index contributed by atoms with van der Waals surface area (Å²) in [5.41, 5.74) is 2.82. The molecule has 2 aliphatic rings. The Bertz CT molecular complexity index is 687. The van der Waals surface area contributed by atoms with Crippen molar-refractivity contribution in [3.05, 3.63) is 58.2 Å². The lowest BCUT2D eigenvalue weighted by Gasteiger charge is -2.35. The van der Waals surface area contributed by atoms with Crippen molar-refractivity contribution in [1.82, 2.24) is 0 Å². The number of non-ortho nitro benzene ring substituents is 1. The average Bonchev–Trinajstić information content (AvgIpc) is 3.20. The third-order valence-electron chi connectivity index (χ3n) is 5.49. The predicted octanol–water partition coefficient (Wildman–Crippen LogP) is 5.30. The lowest BCUT2D eigenvalue weighted by Crippen LogP contribution is -2.38. The molecule has 2 aliphatic carbocycles. The molecule has 4 nitrogen and oxygen atoms in total. The Kier molecular flexibility index (Phi) is 4.24. The summed E-state index contributed by atoms with van der Waals surface area (Å²) >= 11 is 0. The number of ether oxygens (including phenoxy) is 1. The van der Waals surface area contributed by atoms with Crippen LogP contribution in [0.15, 0.2) is 48.1 Å². The van der Waals surface area contributed by atoms with Gasteiger partial charge in [-0.15, -0.1) is 6.58 Å². The number of nitro groups is 1. The molecule has 128 valence electrons. The van der Waals surface area contributed by atoms with E-state index in [1.165, 1.54) is 24.1 Å². The molecule has 4 heteroatoms. The summed E-state index contributed by atoms with van der Waals surface area (Å²) in [6.45, 7) is 10.4. The summed E-state index contributed by atoms with van der Waals surface area (Å²) in [7, 11) is 0. The zero-order chi connectivity index (χ0) is 17.5. The highest BCUT2D eigenvalue weighted by Gasteiger charge is 2.47. The molecule has 1 saturated carbocycles. The molecule has 0 amide bonds. The predicted molar refractivity (Wildman–Crippen MR) is 95.0 cm³/mol. The maximum atomic E-state index is 10.8. The Balaban J connectivity index is 1.77. The highest BCUT2D eigenvalue weighted by molar-refractivity contribution is 5.37. The molecule has 0 aromatic heterocycles. The summed E-state index contributed by atoms with van der Waals surface area (Å²) in [5, 5.41) is 10.8. The molecular formula is C20H25NO3. The van der Waals surface area contributed by atoms with E-state index in [-0.39, 0.29) is 11.3 Å². The molecule has 24 heavy (non-hydrogen) atoms. The van der Waals surface area contributed by atoms with Crippen LogP contribution < -0.4 is 4.74 Å². The number of rotatable bonds is 6. The molecule has 3 atom stereocenters. The molecule has 1 aromatic carbocycles. The fourth-order valence-corrected chi connectivity index (χ4v) is 4.10. The van der Waals surface area contributed by atoms with Crippen molar-refractivity contribution in [2.24, 2.45) is 17.8 Å². The van der Waals surface area contributed by atoms with Crippen LogP contribution in [-0.2, 0) is 0 Å². The van der Waals surface area contributed by atoms with E-state index in [0.717, 1.165) is 12.8 Å². The topological polar surface area (TPSA) is 52.4 Å². The number of hydrogen-bond donors (Lipinski definition) is 0. The van der Waals surface area contributed by atoms with Gasteiger partial charge in [0.1, 0.15) is 11.4 Å². The van der Waals surface area contributed by atoms with E-state index >= 15 is 0 Å². The first-order valence-electron chi connectivity index (χ1n) is 8.59. The molecule has 2 unspecified atom stereocenters. The first-order chi connectivity index (χ1) is 11.3. The second-order valence-corrected chi connectivity index (χ2v) is 7.53. The quantitative estimate of drug-likeness (QED) is 0.404. The summed E-state index contributed by atoms with van der Waals surface area (Å²) in [6, 6.07) is 6.37. The van der Waals surface area contributed by atoms with E-state index in [0.29, 0.717) is 23.5 Å². The second-order valence-electron chi connectivity index (χ2n) is 7.53. The van der Waals surface area contributed by atoms with Gasteiger partial charge < -0.3 is 4.74 Å². The molecule has 1 fully saturated rings. The van der Waals surface area contributed by atoms with Gasteiger partial charge in [0.05, 0.1) is 4.92 Å². The first kappa shape index (κ1) is 16.7. The van der Waals surface area contributed by atoms with Crippen LogP contribution in [0.4, 0.5) is 5.69 Å². The molecule has 0 saturated heterocycles. The number of hydrogen-bond acceptors (Lipinski definition) is 3. The Morgan fingerprint density at radius 2 is 2.00 bits per heavy atom. The van der Waals surface area contributed by atoms with Gasteiger partial charge in [-0.05, 0) is 64.0 Å². The van der Waals surface area contributed by atoms with Crippen molar-refractivity contribution < 1.29 is 9.66 Å². The Morgan fingerprint density at radius 3 is 2.54 bits per heavy atom. The molecule has 0 radical (unpaired) electrons. The Labute approximate surface area is 143 Å². The highest BCUT2D eigenvalue weighted by Crippen LogP contribution is 2.55. The Hall–Kier alpha value is -2.10. The number of nitrogens with zero attached hydrogens (tertiary/aromatic N) is 1. The summed E-state index contributed by atoms with van der Waals surface area (Å²) < 4.78 is 6.26. The van der Waals surface area contributed by atoms with Gasteiger partial charge in [0.15, 0.2) is 0 Å². The zero-order valence-electron chi connectivity index (χ0n) is 14.6. The molecule has 0 heterocycles. The fourth-order valence-electron chi connectivity index (χ4n) is 4.10. The minimum atomic E-state index is -0.390. The number of benzene rings is 1. The van der Waals surface area contributed by atoms with Crippen LogP contribution in [0.5, 0.6) is 5.75 Å². The standard InChI is InChI=1S/C20H25NO3/c1-5-14-12-17(14)19-13(2)6-11-18(19)20(3,4)24-16-9-7-15(8-10-16)21(22)23/h5,7-10,14,17-18H,1,6,11-12H2,2-4H3/t14-,17?,18?/m0/s1. The molecular weight excluding hydrogens is 302 g/mol. The molecule has 0 aliphatic heterocycles.